The van der Waals surface area contributed by atoms with Crippen molar-refractivity contribution in [2.75, 3.05) is 0 Å². The number of aryl methyl sites for hydroxylation is 1. The molecule has 0 saturated heterocycles. The molecule has 1 saturated carbocycles. The van der Waals surface area contributed by atoms with Crippen LogP contribution in [0, 0.1) is 18.8 Å². The second-order valence-electron chi connectivity index (χ2n) is 4.04. The Labute approximate surface area is 106 Å². The Kier molecular flexibility index (Phi) is 3.40. The SMILES string of the molecule is CC[C@@H]1C[C@H]1C(Br)c1sc(C)cc1Br. The molecule has 78 valence electrons. The van der Waals surface area contributed by atoms with E-state index >= 15 is 0 Å². The molecule has 0 amide bonds. The largest absolute Gasteiger partial charge is 0.143 e. The van der Waals surface area contributed by atoms with Gasteiger partial charge in [-0.25, -0.2) is 0 Å². The first kappa shape index (κ1) is 11.2. The first-order valence-electron chi connectivity index (χ1n) is 5.03. The minimum atomic E-state index is 0.570. The van der Waals surface area contributed by atoms with E-state index in [0.717, 1.165) is 11.8 Å². The molecule has 3 atom stereocenters. The topological polar surface area (TPSA) is 0 Å². The van der Waals surface area contributed by atoms with E-state index in [1.165, 1.54) is 27.1 Å². The molecule has 1 aliphatic carbocycles. The van der Waals surface area contributed by atoms with Gasteiger partial charge in [-0.05, 0) is 47.2 Å². The molecule has 2 rings (SSSR count). The quantitative estimate of drug-likeness (QED) is 0.656. The summed E-state index contributed by atoms with van der Waals surface area (Å²) < 4.78 is 1.28. The van der Waals surface area contributed by atoms with Crippen LogP contribution in [0.2, 0.25) is 0 Å². The average molecular weight is 338 g/mol. The molecule has 0 radical (unpaired) electrons. The van der Waals surface area contributed by atoms with Gasteiger partial charge in [-0.1, -0.05) is 29.3 Å². The van der Waals surface area contributed by atoms with Gasteiger partial charge in [0.1, 0.15) is 0 Å². The molecule has 0 spiro atoms. The highest BCUT2D eigenvalue weighted by atomic mass is 79.9. The summed E-state index contributed by atoms with van der Waals surface area (Å²) in [5.41, 5.74) is 0. The number of alkyl halides is 1. The van der Waals surface area contributed by atoms with Crippen LogP contribution >= 0.6 is 43.2 Å². The molecule has 1 unspecified atom stereocenters. The summed E-state index contributed by atoms with van der Waals surface area (Å²) in [6.45, 7) is 4.46. The van der Waals surface area contributed by atoms with Crippen LogP contribution in [0.3, 0.4) is 0 Å². The molecule has 0 aliphatic heterocycles. The van der Waals surface area contributed by atoms with Gasteiger partial charge in [0.15, 0.2) is 0 Å². The predicted octanol–water partition coefficient (Wildman–Crippen LogP) is 5.30. The lowest BCUT2D eigenvalue weighted by molar-refractivity contribution is 0.677. The fourth-order valence-corrected chi connectivity index (χ4v) is 5.42. The summed E-state index contributed by atoms with van der Waals surface area (Å²) >= 11 is 9.38. The van der Waals surface area contributed by atoms with E-state index in [1.54, 1.807) is 0 Å². The molecule has 1 fully saturated rings. The van der Waals surface area contributed by atoms with Crippen LogP contribution in [-0.2, 0) is 0 Å². The van der Waals surface area contributed by atoms with Crippen LogP contribution in [0.25, 0.3) is 0 Å². The van der Waals surface area contributed by atoms with Crippen LogP contribution in [-0.4, -0.2) is 0 Å². The highest BCUT2D eigenvalue weighted by Gasteiger charge is 2.42. The van der Waals surface area contributed by atoms with E-state index in [-0.39, 0.29) is 0 Å². The minimum Gasteiger partial charge on any atom is -0.143 e. The summed E-state index contributed by atoms with van der Waals surface area (Å²) in [6.07, 6.45) is 2.73. The number of hydrogen-bond donors (Lipinski definition) is 0. The molecule has 0 aromatic carbocycles. The van der Waals surface area contributed by atoms with Crippen molar-refractivity contribution in [3.8, 4) is 0 Å². The molecular weight excluding hydrogens is 324 g/mol. The van der Waals surface area contributed by atoms with Gasteiger partial charge in [0.2, 0.25) is 0 Å². The van der Waals surface area contributed by atoms with Gasteiger partial charge in [-0.15, -0.1) is 11.3 Å². The van der Waals surface area contributed by atoms with Gasteiger partial charge in [-0.2, -0.15) is 0 Å². The predicted molar refractivity (Wildman–Crippen MR) is 70.3 cm³/mol. The zero-order chi connectivity index (χ0) is 10.3. The summed E-state index contributed by atoms with van der Waals surface area (Å²) in [6, 6.07) is 2.22. The Hall–Kier alpha value is 0.660. The lowest BCUT2D eigenvalue weighted by Crippen LogP contribution is -1.91. The van der Waals surface area contributed by atoms with Gasteiger partial charge in [0, 0.05) is 14.2 Å². The van der Waals surface area contributed by atoms with E-state index < -0.39 is 0 Å². The molecular formula is C11H14Br2S. The third-order valence-corrected chi connectivity index (χ3v) is 6.46. The standard InChI is InChI=1S/C11H14Br2S/c1-3-7-5-8(7)10(13)11-9(12)4-6(2)14-11/h4,7-8,10H,3,5H2,1-2H3/t7-,8-,10?/m1/s1. The van der Waals surface area contributed by atoms with Crippen LogP contribution in [0.5, 0.6) is 0 Å². The van der Waals surface area contributed by atoms with Gasteiger partial charge < -0.3 is 0 Å². The van der Waals surface area contributed by atoms with Crippen molar-refractivity contribution in [2.45, 2.75) is 31.5 Å². The Morgan fingerprint density at radius 2 is 2.36 bits per heavy atom. The fourth-order valence-electron chi connectivity index (χ4n) is 1.98. The second kappa shape index (κ2) is 4.26. The van der Waals surface area contributed by atoms with Gasteiger partial charge in [0.05, 0.1) is 4.83 Å². The van der Waals surface area contributed by atoms with Crippen LogP contribution in [0.4, 0.5) is 0 Å². The van der Waals surface area contributed by atoms with E-state index in [1.807, 2.05) is 11.3 Å². The van der Waals surface area contributed by atoms with Gasteiger partial charge >= 0.3 is 0 Å². The van der Waals surface area contributed by atoms with E-state index in [4.69, 9.17) is 0 Å². The Bertz CT molecular complexity index is 332. The highest BCUT2D eigenvalue weighted by Crippen LogP contribution is 2.55. The van der Waals surface area contributed by atoms with Crippen molar-refractivity contribution in [3.63, 3.8) is 0 Å². The molecule has 3 heteroatoms. The highest BCUT2D eigenvalue weighted by molar-refractivity contribution is 9.11. The van der Waals surface area contributed by atoms with Crippen molar-refractivity contribution >= 4 is 43.2 Å². The molecule has 1 aromatic rings. The maximum Gasteiger partial charge on any atom is 0.0531 e. The lowest BCUT2D eigenvalue weighted by Gasteiger charge is -2.07. The zero-order valence-electron chi connectivity index (χ0n) is 8.39. The molecule has 0 N–H and O–H groups in total. The molecule has 0 bridgehead atoms. The third-order valence-electron chi connectivity index (χ3n) is 2.96. The Morgan fingerprint density at radius 3 is 2.79 bits per heavy atom. The van der Waals surface area contributed by atoms with Crippen LogP contribution in [0.1, 0.15) is 34.3 Å². The van der Waals surface area contributed by atoms with E-state index in [2.05, 4.69) is 51.8 Å². The minimum absolute atomic E-state index is 0.570. The van der Waals surface area contributed by atoms with E-state index in [0.29, 0.717) is 4.83 Å². The van der Waals surface area contributed by atoms with Gasteiger partial charge in [0.25, 0.3) is 0 Å². The first-order valence-corrected chi connectivity index (χ1v) is 7.56. The summed E-state index contributed by atoms with van der Waals surface area (Å²) in [7, 11) is 0. The molecule has 1 aromatic heterocycles. The maximum absolute atomic E-state index is 3.84. The van der Waals surface area contributed by atoms with Crippen molar-refractivity contribution in [3.05, 3.63) is 20.3 Å². The number of rotatable bonds is 3. The summed E-state index contributed by atoms with van der Waals surface area (Å²) in [5.74, 6) is 1.82. The van der Waals surface area contributed by atoms with Crippen molar-refractivity contribution in [2.24, 2.45) is 11.8 Å². The molecule has 1 heterocycles. The van der Waals surface area contributed by atoms with Crippen molar-refractivity contribution in [1.82, 2.24) is 0 Å². The van der Waals surface area contributed by atoms with E-state index in [9.17, 15) is 0 Å². The molecule has 1 aliphatic rings. The number of hydrogen-bond acceptors (Lipinski definition) is 1. The fraction of sp³-hybridized carbons (Fsp3) is 0.636. The third kappa shape index (κ3) is 2.10. The summed E-state index contributed by atoms with van der Waals surface area (Å²) in [5, 5.41) is 0. The van der Waals surface area contributed by atoms with Crippen LogP contribution in [0.15, 0.2) is 10.5 Å². The van der Waals surface area contributed by atoms with Crippen LogP contribution < -0.4 is 0 Å². The Morgan fingerprint density at radius 1 is 1.64 bits per heavy atom. The molecule has 14 heavy (non-hydrogen) atoms. The number of thiophene rings is 1. The zero-order valence-corrected chi connectivity index (χ0v) is 12.4. The first-order chi connectivity index (χ1) is 6.63. The lowest BCUT2D eigenvalue weighted by atomic mass is 10.2. The van der Waals surface area contributed by atoms with Crippen molar-refractivity contribution in [1.29, 1.82) is 0 Å². The molecule has 0 nitrogen and oxygen atoms in total. The van der Waals surface area contributed by atoms with Gasteiger partial charge in [-0.3, -0.25) is 0 Å². The second-order valence-corrected chi connectivity index (χ2v) is 7.17. The monoisotopic (exact) mass is 336 g/mol. The summed E-state index contributed by atoms with van der Waals surface area (Å²) in [4.78, 5) is 3.44. The smallest absolute Gasteiger partial charge is 0.0531 e. The Balaban J connectivity index is 2.12. The normalized spacial score (nSPS) is 27.7. The number of halogens is 2. The maximum atomic E-state index is 3.84. The average Bonchev–Trinajstić information content (AvgIpc) is 2.85. The van der Waals surface area contributed by atoms with Crippen molar-refractivity contribution < 1.29 is 0 Å².